The van der Waals surface area contributed by atoms with E-state index in [1.165, 1.54) is 0 Å². The lowest BCUT2D eigenvalue weighted by Crippen LogP contribution is -2.18. The van der Waals surface area contributed by atoms with Crippen LogP contribution < -0.4 is 0 Å². The van der Waals surface area contributed by atoms with E-state index in [-0.39, 0.29) is 18.2 Å². The summed E-state index contributed by atoms with van der Waals surface area (Å²) in [5, 5.41) is 11.4. The van der Waals surface area contributed by atoms with Gasteiger partial charge >= 0.3 is 0 Å². The predicted molar refractivity (Wildman–Crippen MR) is 123 cm³/mol. The van der Waals surface area contributed by atoms with E-state index in [1.54, 1.807) is 11.0 Å². The van der Waals surface area contributed by atoms with Crippen LogP contribution in [0, 0.1) is 0 Å². The van der Waals surface area contributed by atoms with Gasteiger partial charge in [0.2, 0.25) is 0 Å². The first-order valence-corrected chi connectivity index (χ1v) is 10.3. The lowest BCUT2D eigenvalue weighted by molar-refractivity contribution is 0.0965. The summed E-state index contributed by atoms with van der Waals surface area (Å²) in [5.74, 6) is 0.0677. The zero-order valence-corrected chi connectivity index (χ0v) is 16.9. The first-order valence-electron chi connectivity index (χ1n) is 10.3. The molecule has 0 fully saturated rings. The van der Waals surface area contributed by atoms with Crippen LogP contribution in [-0.2, 0) is 0 Å². The third kappa shape index (κ3) is 4.01. The third-order valence-corrected chi connectivity index (χ3v) is 5.49. The molecule has 0 amide bonds. The van der Waals surface area contributed by atoms with Crippen LogP contribution in [-0.4, -0.2) is 20.8 Å². The van der Waals surface area contributed by atoms with Gasteiger partial charge in [-0.15, -0.1) is 0 Å². The predicted octanol–water partition coefficient (Wildman–Crippen LogP) is 5.96. The summed E-state index contributed by atoms with van der Waals surface area (Å²) in [5.41, 5.74) is 3.50. The molecule has 0 aliphatic rings. The maximum absolute atomic E-state index is 13.3. The fourth-order valence-corrected chi connectivity index (χ4v) is 3.83. The molecule has 0 saturated heterocycles. The normalized spacial score (nSPS) is 12.0. The van der Waals surface area contributed by atoms with E-state index >= 15 is 0 Å². The first-order chi connectivity index (χ1) is 15.3. The highest BCUT2D eigenvalue weighted by molar-refractivity contribution is 6.00. The minimum Gasteiger partial charge on any atom is -0.294 e. The van der Waals surface area contributed by atoms with Crippen molar-refractivity contribution >= 4 is 16.6 Å². The summed E-state index contributed by atoms with van der Waals surface area (Å²) >= 11 is 0. The molecule has 0 saturated carbocycles. The monoisotopic (exact) mass is 403 g/mol. The van der Waals surface area contributed by atoms with Crippen molar-refractivity contribution in [1.82, 2.24) is 15.0 Å². The Morgan fingerprint density at radius 3 is 2.23 bits per heavy atom. The molecular formula is C27H21N3O. The Balaban J connectivity index is 1.48. The molecule has 0 aliphatic heterocycles. The zero-order valence-electron chi connectivity index (χ0n) is 16.9. The van der Waals surface area contributed by atoms with Crippen molar-refractivity contribution in [2.24, 2.45) is 0 Å². The van der Waals surface area contributed by atoms with E-state index in [2.05, 4.69) is 11.2 Å². The highest BCUT2D eigenvalue weighted by Crippen LogP contribution is 2.26. The number of benzene rings is 4. The zero-order chi connectivity index (χ0) is 21.0. The average Bonchev–Trinajstić information content (AvgIpc) is 3.33. The molecule has 150 valence electrons. The molecule has 4 nitrogen and oxygen atoms in total. The van der Waals surface area contributed by atoms with Crippen LogP contribution in [0.2, 0.25) is 0 Å². The van der Waals surface area contributed by atoms with Gasteiger partial charge in [0.1, 0.15) is 11.7 Å². The van der Waals surface area contributed by atoms with Crippen molar-refractivity contribution in [2.45, 2.75) is 12.5 Å². The van der Waals surface area contributed by atoms with Gasteiger partial charge in [-0.1, -0.05) is 97.1 Å². The highest BCUT2D eigenvalue weighted by Gasteiger charge is 2.21. The molecule has 1 heterocycles. The topological polar surface area (TPSA) is 47.8 Å². The molecule has 5 aromatic rings. The van der Waals surface area contributed by atoms with E-state index in [0.29, 0.717) is 5.56 Å². The van der Waals surface area contributed by atoms with E-state index in [9.17, 15) is 4.79 Å². The lowest BCUT2D eigenvalue weighted by atomic mass is 9.97. The number of Topliss-reactive ketones (excluding diaryl/α,β-unsaturated/α-hetero) is 1. The Morgan fingerprint density at radius 2 is 1.45 bits per heavy atom. The van der Waals surface area contributed by atoms with Gasteiger partial charge in [0, 0.05) is 17.5 Å². The molecule has 0 bridgehead atoms. The standard InChI is InChI=1S/C27H21N3O/c31-27(24-16-15-20-9-7-8-14-23(20)17-24)18-26(22-12-5-2-6-13-22)30-28-19-25(29-30)21-10-3-1-4-11-21/h1-17,19,26H,18H2. The number of aromatic nitrogens is 3. The number of nitrogens with zero attached hydrogens (tertiary/aromatic N) is 3. The summed E-state index contributed by atoms with van der Waals surface area (Å²) in [6.45, 7) is 0. The van der Waals surface area contributed by atoms with Crippen molar-refractivity contribution in [2.75, 3.05) is 0 Å². The van der Waals surface area contributed by atoms with Gasteiger partial charge < -0.3 is 0 Å². The second-order valence-corrected chi connectivity index (χ2v) is 7.53. The maximum Gasteiger partial charge on any atom is 0.165 e. The van der Waals surface area contributed by atoms with Crippen LogP contribution in [0.15, 0.2) is 109 Å². The lowest BCUT2D eigenvalue weighted by Gasteiger charge is -2.16. The molecule has 1 aromatic heterocycles. The van der Waals surface area contributed by atoms with Crippen LogP contribution >= 0.6 is 0 Å². The smallest absolute Gasteiger partial charge is 0.165 e. The summed E-state index contributed by atoms with van der Waals surface area (Å²) < 4.78 is 0. The maximum atomic E-state index is 13.3. The minimum atomic E-state index is -0.280. The SMILES string of the molecule is O=C(CC(c1ccccc1)n1ncc(-c2ccccc2)n1)c1ccc2ccccc2c1. The molecule has 5 rings (SSSR count). The summed E-state index contributed by atoms with van der Waals surface area (Å²) in [4.78, 5) is 14.9. The Kier molecular flexibility index (Phi) is 5.11. The largest absolute Gasteiger partial charge is 0.294 e. The molecule has 31 heavy (non-hydrogen) atoms. The number of fused-ring (bicyclic) bond motifs is 1. The fourth-order valence-electron chi connectivity index (χ4n) is 3.83. The van der Waals surface area contributed by atoms with Crippen LogP contribution in [0.25, 0.3) is 22.0 Å². The fraction of sp³-hybridized carbons (Fsp3) is 0.0741. The van der Waals surface area contributed by atoms with Gasteiger partial charge in [-0.2, -0.15) is 15.0 Å². The van der Waals surface area contributed by atoms with Gasteiger partial charge in [0.25, 0.3) is 0 Å². The molecular weight excluding hydrogens is 382 g/mol. The van der Waals surface area contributed by atoms with Crippen molar-refractivity contribution in [3.8, 4) is 11.3 Å². The number of carbonyl (C=O) groups is 1. The summed E-state index contributed by atoms with van der Waals surface area (Å²) in [6.07, 6.45) is 2.04. The molecule has 0 radical (unpaired) electrons. The number of carbonyl (C=O) groups excluding carboxylic acids is 1. The second-order valence-electron chi connectivity index (χ2n) is 7.53. The van der Waals surface area contributed by atoms with Gasteiger partial charge in [-0.25, -0.2) is 0 Å². The number of hydrogen-bond donors (Lipinski definition) is 0. The van der Waals surface area contributed by atoms with Gasteiger partial charge in [-0.05, 0) is 22.4 Å². The molecule has 4 heteroatoms. The average molecular weight is 403 g/mol. The van der Waals surface area contributed by atoms with Gasteiger partial charge in [0.05, 0.1) is 6.20 Å². The van der Waals surface area contributed by atoms with Crippen molar-refractivity contribution in [3.05, 3.63) is 120 Å². The Labute approximate surface area is 180 Å². The Hall–Kier alpha value is -4.05. The van der Waals surface area contributed by atoms with E-state index in [4.69, 9.17) is 5.10 Å². The highest BCUT2D eigenvalue weighted by atomic mass is 16.1. The van der Waals surface area contributed by atoms with Crippen LogP contribution in [0.4, 0.5) is 0 Å². The van der Waals surface area contributed by atoms with Crippen molar-refractivity contribution < 1.29 is 4.79 Å². The van der Waals surface area contributed by atoms with Crippen LogP contribution in [0.5, 0.6) is 0 Å². The summed E-state index contributed by atoms with van der Waals surface area (Å²) in [7, 11) is 0. The Bertz CT molecular complexity index is 1330. The molecule has 4 aromatic carbocycles. The molecule has 0 N–H and O–H groups in total. The molecule has 1 unspecified atom stereocenters. The van der Waals surface area contributed by atoms with E-state index in [0.717, 1.165) is 27.6 Å². The van der Waals surface area contributed by atoms with Gasteiger partial charge in [0.15, 0.2) is 5.78 Å². The molecule has 1 atom stereocenters. The summed E-state index contributed by atoms with van der Waals surface area (Å²) in [6, 6.07) is 33.6. The third-order valence-electron chi connectivity index (χ3n) is 5.49. The minimum absolute atomic E-state index is 0.0677. The van der Waals surface area contributed by atoms with Crippen LogP contribution in [0.3, 0.4) is 0 Å². The number of ketones is 1. The van der Waals surface area contributed by atoms with Crippen LogP contribution in [0.1, 0.15) is 28.4 Å². The number of rotatable bonds is 6. The Morgan fingerprint density at radius 1 is 0.774 bits per heavy atom. The first kappa shape index (κ1) is 18.9. The van der Waals surface area contributed by atoms with E-state index in [1.807, 2.05) is 97.1 Å². The molecule has 0 spiro atoms. The van der Waals surface area contributed by atoms with E-state index < -0.39 is 0 Å². The van der Waals surface area contributed by atoms with Gasteiger partial charge in [-0.3, -0.25) is 4.79 Å². The quantitative estimate of drug-likeness (QED) is 0.329. The van der Waals surface area contributed by atoms with Crippen molar-refractivity contribution in [3.63, 3.8) is 0 Å². The number of hydrogen-bond acceptors (Lipinski definition) is 3. The second kappa shape index (κ2) is 8.36. The molecule has 0 aliphatic carbocycles. The van der Waals surface area contributed by atoms with Crippen molar-refractivity contribution in [1.29, 1.82) is 0 Å².